The number of rotatable bonds is 4. The monoisotopic (exact) mass is 353 g/mol. The minimum atomic E-state index is -3.57. The highest BCUT2D eigenvalue weighted by Gasteiger charge is 2.17. The molecule has 0 aromatic heterocycles. The third kappa shape index (κ3) is 3.26. The van der Waals surface area contributed by atoms with Gasteiger partial charge >= 0.3 is 0 Å². The number of hydrogen-bond acceptors (Lipinski definition) is 3. The Morgan fingerprint density at radius 1 is 1.00 bits per heavy atom. The van der Waals surface area contributed by atoms with Crippen LogP contribution in [0.15, 0.2) is 64.4 Å². The number of nitrogens with one attached hydrogen (secondary N) is 1. The molecule has 104 valence electrons. The molecular formula is C14H12BrNO3S. The summed E-state index contributed by atoms with van der Waals surface area (Å²) in [4.78, 5) is 11.7. The predicted octanol–water partition coefficient (Wildman–Crippen LogP) is 2.85. The van der Waals surface area contributed by atoms with E-state index >= 15 is 0 Å². The van der Waals surface area contributed by atoms with Gasteiger partial charge in [0.05, 0.1) is 15.1 Å². The molecule has 0 bridgehead atoms. The van der Waals surface area contributed by atoms with E-state index in [0.29, 0.717) is 5.69 Å². The van der Waals surface area contributed by atoms with Crippen molar-refractivity contribution < 1.29 is 13.2 Å². The van der Waals surface area contributed by atoms with E-state index in [2.05, 4.69) is 21.2 Å². The first-order valence-electron chi connectivity index (χ1n) is 5.80. The second-order valence-corrected chi connectivity index (χ2v) is 6.54. The molecule has 6 heteroatoms. The Balaban J connectivity index is 2.38. The van der Waals surface area contributed by atoms with E-state index in [9.17, 15) is 13.2 Å². The van der Waals surface area contributed by atoms with Gasteiger partial charge < -0.3 is 5.32 Å². The van der Waals surface area contributed by atoms with Crippen molar-refractivity contribution in [2.75, 3.05) is 10.6 Å². The summed E-state index contributed by atoms with van der Waals surface area (Å²) in [6, 6.07) is 14.4. The van der Waals surface area contributed by atoms with Crippen molar-refractivity contribution in [3.8, 4) is 0 Å². The molecule has 0 aliphatic rings. The van der Waals surface area contributed by atoms with Crippen LogP contribution in [0.4, 0.5) is 5.69 Å². The van der Waals surface area contributed by atoms with Crippen molar-refractivity contribution in [2.45, 2.75) is 9.79 Å². The average Bonchev–Trinajstić information content (AvgIpc) is 2.48. The number of carbonyl (C=O) groups is 1. The topological polar surface area (TPSA) is 63.2 Å². The Hall–Kier alpha value is -1.66. The summed E-state index contributed by atoms with van der Waals surface area (Å²) < 4.78 is 24.8. The first-order valence-corrected chi connectivity index (χ1v) is 8.40. The van der Waals surface area contributed by atoms with E-state index in [4.69, 9.17) is 0 Å². The molecule has 0 saturated carbocycles. The van der Waals surface area contributed by atoms with Crippen LogP contribution in [0, 0.1) is 0 Å². The SMILES string of the molecule is O=C(CBr)Nc1cccc(S(=O)(=O)c2ccccc2)c1. The maximum atomic E-state index is 12.4. The molecule has 1 amide bonds. The smallest absolute Gasteiger partial charge is 0.235 e. The lowest BCUT2D eigenvalue weighted by Gasteiger charge is -2.07. The molecule has 0 atom stereocenters. The molecular weight excluding hydrogens is 342 g/mol. The fraction of sp³-hybridized carbons (Fsp3) is 0.0714. The summed E-state index contributed by atoms with van der Waals surface area (Å²) in [5.74, 6) is -0.237. The normalized spacial score (nSPS) is 11.1. The van der Waals surface area contributed by atoms with Gasteiger partial charge in [0, 0.05) is 5.69 Å². The van der Waals surface area contributed by atoms with Gasteiger partial charge in [-0.25, -0.2) is 8.42 Å². The van der Waals surface area contributed by atoms with E-state index in [1.165, 1.54) is 12.1 Å². The van der Waals surface area contributed by atoms with Crippen molar-refractivity contribution in [1.29, 1.82) is 0 Å². The number of alkyl halides is 1. The number of amides is 1. The molecule has 2 aromatic carbocycles. The van der Waals surface area contributed by atoms with Gasteiger partial charge in [-0.3, -0.25) is 4.79 Å². The first-order chi connectivity index (χ1) is 9.54. The van der Waals surface area contributed by atoms with Crippen molar-refractivity contribution in [1.82, 2.24) is 0 Å². The van der Waals surface area contributed by atoms with Crippen LogP contribution in [0.25, 0.3) is 0 Å². The van der Waals surface area contributed by atoms with Crippen LogP contribution in [-0.4, -0.2) is 19.7 Å². The lowest BCUT2D eigenvalue weighted by Crippen LogP contribution is -2.12. The second-order valence-electron chi connectivity index (χ2n) is 4.03. The Morgan fingerprint density at radius 3 is 2.30 bits per heavy atom. The molecule has 20 heavy (non-hydrogen) atoms. The third-order valence-corrected chi connectivity index (χ3v) is 4.88. The minimum Gasteiger partial charge on any atom is -0.325 e. The molecule has 4 nitrogen and oxygen atoms in total. The van der Waals surface area contributed by atoms with E-state index in [-0.39, 0.29) is 21.0 Å². The summed E-state index contributed by atoms with van der Waals surface area (Å²) in [6.07, 6.45) is 0. The van der Waals surface area contributed by atoms with Gasteiger partial charge in [-0.05, 0) is 30.3 Å². The van der Waals surface area contributed by atoms with Crippen molar-refractivity contribution in [3.63, 3.8) is 0 Å². The van der Waals surface area contributed by atoms with Gasteiger partial charge in [-0.2, -0.15) is 0 Å². The first kappa shape index (κ1) is 14.7. The number of benzene rings is 2. The zero-order valence-corrected chi connectivity index (χ0v) is 12.8. The number of hydrogen-bond donors (Lipinski definition) is 1. The molecule has 2 aromatic rings. The van der Waals surface area contributed by atoms with Crippen LogP contribution in [0.5, 0.6) is 0 Å². The lowest BCUT2D eigenvalue weighted by atomic mass is 10.3. The van der Waals surface area contributed by atoms with Gasteiger partial charge in [0.1, 0.15) is 0 Å². The van der Waals surface area contributed by atoms with E-state index in [0.717, 1.165) is 0 Å². The molecule has 0 aliphatic heterocycles. The molecule has 0 heterocycles. The average molecular weight is 354 g/mol. The molecule has 0 saturated heterocycles. The molecule has 0 aliphatic carbocycles. The Morgan fingerprint density at radius 2 is 1.65 bits per heavy atom. The Bertz CT molecular complexity index is 714. The highest BCUT2D eigenvalue weighted by molar-refractivity contribution is 9.09. The van der Waals surface area contributed by atoms with Gasteiger partial charge in [0.2, 0.25) is 15.7 Å². The van der Waals surface area contributed by atoms with Crippen molar-refractivity contribution in [3.05, 3.63) is 54.6 Å². The zero-order valence-electron chi connectivity index (χ0n) is 10.4. The third-order valence-electron chi connectivity index (χ3n) is 2.60. The number of anilines is 1. The summed E-state index contributed by atoms with van der Waals surface area (Å²) in [5.41, 5.74) is 0.450. The highest BCUT2D eigenvalue weighted by Crippen LogP contribution is 2.23. The lowest BCUT2D eigenvalue weighted by molar-refractivity contribution is -0.113. The highest BCUT2D eigenvalue weighted by atomic mass is 79.9. The maximum absolute atomic E-state index is 12.4. The summed E-state index contributed by atoms with van der Waals surface area (Å²) in [7, 11) is -3.57. The van der Waals surface area contributed by atoms with Crippen LogP contribution in [0.3, 0.4) is 0 Å². The largest absolute Gasteiger partial charge is 0.325 e. The van der Waals surface area contributed by atoms with Crippen LogP contribution in [0.2, 0.25) is 0 Å². The predicted molar refractivity (Wildman–Crippen MR) is 80.8 cm³/mol. The molecule has 0 spiro atoms. The fourth-order valence-electron chi connectivity index (χ4n) is 1.67. The summed E-state index contributed by atoms with van der Waals surface area (Å²) in [6.45, 7) is 0. The van der Waals surface area contributed by atoms with Crippen molar-refractivity contribution >= 4 is 37.4 Å². The van der Waals surface area contributed by atoms with E-state index in [1.54, 1.807) is 42.5 Å². The van der Waals surface area contributed by atoms with Crippen molar-refractivity contribution in [2.24, 2.45) is 0 Å². The molecule has 1 N–H and O–H groups in total. The zero-order chi connectivity index (χ0) is 14.6. The summed E-state index contributed by atoms with van der Waals surface area (Å²) >= 11 is 3.04. The quantitative estimate of drug-likeness (QED) is 0.859. The van der Waals surface area contributed by atoms with Crippen LogP contribution in [-0.2, 0) is 14.6 Å². The molecule has 0 fully saturated rings. The maximum Gasteiger partial charge on any atom is 0.235 e. The molecule has 2 rings (SSSR count). The molecule has 0 unspecified atom stereocenters. The standard InChI is InChI=1S/C14H12BrNO3S/c15-10-14(17)16-11-5-4-8-13(9-11)20(18,19)12-6-2-1-3-7-12/h1-9H,10H2,(H,16,17). The van der Waals surface area contributed by atoms with E-state index < -0.39 is 9.84 Å². The fourth-order valence-corrected chi connectivity index (χ4v) is 3.14. The Labute approximate surface area is 125 Å². The van der Waals surface area contributed by atoms with Gasteiger partial charge in [0.25, 0.3) is 0 Å². The number of halogens is 1. The van der Waals surface area contributed by atoms with Gasteiger partial charge in [-0.1, -0.05) is 40.2 Å². The van der Waals surface area contributed by atoms with Crippen LogP contribution < -0.4 is 5.32 Å². The summed E-state index contributed by atoms with van der Waals surface area (Å²) in [5, 5.41) is 2.76. The minimum absolute atomic E-state index is 0.149. The van der Waals surface area contributed by atoms with Gasteiger partial charge in [-0.15, -0.1) is 0 Å². The van der Waals surface area contributed by atoms with Crippen LogP contribution >= 0.6 is 15.9 Å². The van der Waals surface area contributed by atoms with E-state index in [1.807, 2.05) is 0 Å². The number of carbonyl (C=O) groups excluding carboxylic acids is 1. The number of sulfone groups is 1. The Kier molecular flexibility index (Phi) is 4.57. The molecule has 0 radical (unpaired) electrons. The van der Waals surface area contributed by atoms with Gasteiger partial charge in [0.15, 0.2) is 0 Å². The second kappa shape index (κ2) is 6.19. The van der Waals surface area contributed by atoms with Crippen LogP contribution in [0.1, 0.15) is 0 Å².